The number of anilines is 1. The van der Waals surface area contributed by atoms with Crippen molar-refractivity contribution in [3.05, 3.63) is 100 Å². The summed E-state index contributed by atoms with van der Waals surface area (Å²) in [5.74, 6) is -1.16. The van der Waals surface area contributed by atoms with Crippen molar-refractivity contribution >= 4 is 57.9 Å². The number of nitrogens with zero attached hydrogens (tertiary/aromatic N) is 4. The maximum Gasteiger partial charge on any atom is 0.318 e. The summed E-state index contributed by atoms with van der Waals surface area (Å²) in [6, 6.07) is 10.6. The average molecular weight is 574 g/mol. The lowest BCUT2D eigenvalue weighted by Crippen LogP contribution is -2.14. The Kier molecular flexibility index (Phi) is 8.61. The number of methoxy groups -OCH3 is 1. The van der Waals surface area contributed by atoms with Crippen LogP contribution in [0.3, 0.4) is 0 Å². The van der Waals surface area contributed by atoms with Crippen molar-refractivity contribution in [2.24, 2.45) is 0 Å². The van der Waals surface area contributed by atoms with Gasteiger partial charge in [-0.1, -0.05) is 29.3 Å². The molecule has 3 aromatic rings. The minimum Gasteiger partial charge on any atom is -0.493 e. The number of ether oxygens (including phenoxy) is 2. The van der Waals surface area contributed by atoms with Crippen molar-refractivity contribution in [3.63, 3.8) is 0 Å². The molecule has 0 spiro atoms. The van der Waals surface area contributed by atoms with Crippen molar-refractivity contribution in [2.45, 2.75) is 0 Å². The number of carbonyl (C=O) groups excluding carboxylic acids is 1. The topological polar surface area (TPSA) is 201 Å². The first-order chi connectivity index (χ1) is 18.4. The largest absolute Gasteiger partial charge is 0.493 e. The number of halogens is 2. The quantitative estimate of drug-likeness (QED) is 0.135. The molecule has 14 nitrogen and oxygen atoms in total. The normalized spacial score (nSPS) is 10.8. The molecule has 198 valence electrons. The molecule has 3 rings (SSSR count). The molecule has 0 atom stereocenters. The molecule has 0 radical (unpaired) electrons. The minimum absolute atomic E-state index is 0.000921. The first-order valence-corrected chi connectivity index (χ1v) is 11.1. The van der Waals surface area contributed by atoms with Gasteiger partial charge >= 0.3 is 5.69 Å². The predicted molar refractivity (Wildman–Crippen MR) is 138 cm³/mol. The molecule has 0 heterocycles. The van der Waals surface area contributed by atoms with E-state index < -0.39 is 43.3 Å². The van der Waals surface area contributed by atoms with Crippen LogP contribution in [0.1, 0.15) is 5.56 Å². The van der Waals surface area contributed by atoms with E-state index in [1.165, 1.54) is 31.4 Å². The van der Waals surface area contributed by atoms with Crippen LogP contribution >= 0.6 is 23.2 Å². The standard InChI is InChI=1S/C23H13Cl2N5O9/c1-38-21-7-12(2-4-20(21)39-19-5-3-14(28(32)33)10-18(19)30(36)37)6-13(11-26)23(31)27-22-16(24)8-15(29(34)35)9-17(22)25/h2-10H,1H3,(H,27,31)/b13-6+. The maximum atomic E-state index is 12.7. The van der Waals surface area contributed by atoms with Gasteiger partial charge in [-0.3, -0.25) is 35.1 Å². The first-order valence-electron chi connectivity index (χ1n) is 10.3. The van der Waals surface area contributed by atoms with Crippen LogP contribution in [-0.4, -0.2) is 27.8 Å². The van der Waals surface area contributed by atoms with E-state index in [4.69, 9.17) is 32.7 Å². The third-order valence-corrected chi connectivity index (χ3v) is 5.51. The third kappa shape index (κ3) is 6.55. The van der Waals surface area contributed by atoms with Gasteiger partial charge in [0.2, 0.25) is 5.75 Å². The number of non-ortho nitro benzene ring substituents is 2. The maximum absolute atomic E-state index is 12.7. The summed E-state index contributed by atoms with van der Waals surface area (Å²) in [7, 11) is 1.27. The van der Waals surface area contributed by atoms with Crippen molar-refractivity contribution in [3.8, 4) is 23.3 Å². The van der Waals surface area contributed by atoms with Crippen LogP contribution in [0.25, 0.3) is 6.08 Å². The molecular formula is C23H13Cl2N5O9. The van der Waals surface area contributed by atoms with E-state index in [9.17, 15) is 40.4 Å². The molecule has 0 aliphatic carbocycles. The van der Waals surface area contributed by atoms with Gasteiger partial charge in [0.05, 0.1) is 43.7 Å². The number of hydrogen-bond donors (Lipinski definition) is 1. The Hall–Kier alpha value is -5.26. The van der Waals surface area contributed by atoms with Crippen LogP contribution in [-0.2, 0) is 4.79 Å². The number of benzene rings is 3. The molecule has 0 fully saturated rings. The molecule has 0 aliphatic rings. The molecule has 1 amide bonds. The fraction of sp³-hybridized carbons (Fsp3) is 0.0435. The summed E-state index contributed by atoms with van der Waals surface area (Å²) in [5, 5.41) is 44.7. The number of nitrogens with one attached hydrogen (secondary N) is 1. The molecule has 0 aromatic heterocycles. The summed E-state index contributed by atoms with van der Waals surface area (Å²) in [6.07, 6.45) is 1.18. The average Bonchev–Trinajstić information content (AvgIpc) is 2.89. The molecule has 0 bridgehead atoms. The minimum atomic E-state index is -0.920. The lowest BCUT2D eigenvalue weighted by Gasteiger charge is -2.12. The molecular weight excluding hydrogens is 561 g/mol. The number of nitriles is 1. The highest BCUT2D eigenvalue weighted by atomic mass is 35.5. The van der Waals surface area contributed by atoms with Crippen LogP contribution < -0.4 is 14.8 Å². The predicted octanol–water partition coefficient (Wildman–Crippen LogP) is 6.06. The van der Waals surface area contributed by atoms with E-state index in [-0.39, 0.29) is 38.5 Å². The third-order valence-electron chi connectivity index (χ3n) is 4.91. The van der Waals surface area contributed by atoms with Crippen molar-refractivity contribution in [1.82, 2.24) is 0 Å². The molecule has 0 saturated heterocycles. The number of hydrogen-bond acceptors (Lipinski definition) is 10. The van der Waals surface area contributed by atoms with E-state index in [1.807, 2.05) is 0 Å². The fourth-order valence-corrected chi connectivity index (χ4v) is 3.68. The molecule has 3 aromatic carbocycles. The van der Waals surface area contributed by atoms with E-state index in [1.54, 1.807) is 6.07 Å². The zero-order valence-electron chi connectivity index (χ0n) is 19.4. The number of amides is 1. The second-order valence-electron chi connectivity index (χ2n) is 7.34. The van der Waals surface area contributed by atoms with Gasteiger partial charge in [-0.2, -0.15) is 5.26 Å². The number of rotatable bonds is 9. The summed E-state index contributed by atoms with van der Waals surface area (Å²) in [5.41, 5.74) is -1.80. The lowest BCUT2D eigenvalue weighted by atomic mass is 10.1. The van der Waals surface area contributed by atoms with Crippen molar-refractivity contribution in [1.29, 1.82) is 5.26 Å². The van der Waals surface area contributed by atoms with Gasteiger partial charge in [-0.05, 0) is 29.8 Å². The van der Waals surface area contributed by atoms with E-state index in [2.05, 4.69) is 5.32 Å². The summed E-state index contributed by atoms with van der Waals surface area (Å²) in [6.45, 7) is 0. The second kappa shape index (κ2) is 11.9. The zero-order valence-corrected chi connectivity index (χ0v) is 20.9. The molecule has 1 N–H and O–H groups in total. The van der Waals surface area contributed by atoms with E-state index in [0.717, 1.165) is 30.3 Å². The van der Waals surface area contributed by atoms with Crippen molar-refractivity contribution in [2.75, 3.05) is 12.4 Å². The fourth-order valence-electron chi connectivity index (χ4n) is 3.11. The second-order valence-corrected chi connectivity index (χ2v) is 8.16. The van der Waals surface area contributed by atoms with Gasteiger partial charge in [0.25, 0.3) is 17.3 Å². The van der Waals surface area contributed by atoms with Gasteiger partial charge < -0.3 is 14.8 Å². The molecule has 16 heteroatoms. The molecule has 0 unspecified atom stereocenters. The zero-order chi connectivity index (χ0) is 28.9. The van der Waals surface area contributed by atoms with Gasteiger partial charge in [-0.25, -0.2) is 0 Å². The van der Waals surface area contributed by atoms with Gasteiger partial charge in [0.1, 0.15) is 11.6 Å². The lowest BCUT2D eigenvalue weighted by molar-refractivity contribution is -0.394. The molecule has 0 saturated carbocycles. The summed E-state index contributed by atoms with van der Waals surface area (Å²) >= 11 is 12.0. The monoisotopic (exact) mass is 573 g/mol. The van der Waals surface area contributed by atoms with Crippen LogP contribution in [0.5, 0.6) is 17.2 Å². The van der Waals surface area contributed by atoms with Gasteiger partial charge in [0, 0.05) is 18.2 Å². The molecule has 0 aliphatic heterocycles. The molecule has 39 heavy (non-hydrogen) atoms. The highest BCUT2D eigenvalue weighted by Gasteiger charge is 2.23. The van der Waals surface area contributed by atoms with Crippen LogP contribution in [0, 0.1) is 41.7 Å². The Labute approximate surface area is 228 Å². The highest BCUT2D eigenvalue weighted by molar-refractivity contribution is 6.40. The Bertz CT molecular complexity index is 1580. The number of nitro benzene ring substituents is 3. The van der Waals surface area contributed by atoms with Crippen molar-refractivity contribution < 1.29 is 29.0 Å². The summed E-state index contributed by atoms with van der Waals surface area (Å²) < 4.78 is 10.8. The van der Waals surface area contributed by atoms with Gasteiger partial charge in [0.15, 0.2) is 11.5 Å². The Morgan fingerprint density at radius 1 is 0.897 bits per heavy atom. The SMILES string of the molecule is COc1cc(/C=C(\C#N)C(=O)Nc2c(Cl)cc([N+](=O)[O-])cc2Cl)ccc1Oc1ccc([N+](=O)[O-])cc1[N+](=O)[O-]. The first kappa shape index (κ1) is 28.3. The number of nitro groups is 3. The van der Waals surface area contributed by atoms with Crippen LogP contribution in [0.4, 0.5) is 22.7 Å². The smallest absolute Gasteiger partial charge is 0.318 e. The van der Waals surface area contributed by atoms with E-state index in [0.29, 0.717) is 0 Å². The van der Waals surface area contributed by atoms with Gasteiger partial charge in [-0.15, -0.1) is 0 Å². The Morgan fingerprint density at radius 2 is 1.51 bits per heavy atom. The van der Waals surface area contributed by atoms with Crippen LogP contribution in [0.2, 0.25) is 10.0 Å². The summed E-state index contributed by atoms with van der Waals surface area (Å²) in [4.78, 5) is 43.6. The Morgan fingerprint density at radius 3 is 2.05 bits per heavy atom. The Balaban J connectivity index is 1.90. The van der Waals surface area contributed by atoms with E-state index >= 15 is 0 Å². The van der Waals surface area contributed by atoms with Crippen LogP contribution in [0.15, 0.2) is 54.1 Å². The highest BCUT2D eigenvalue weighted by Crippen LogP contribution is 2.39. The number of carbonyl (C=O) groups is 1.